The van der Waals surface area contributed by atoms with Crippen LogP contribution in [-0.4, -0.2) is 42.8 Å². The van der Waals surface area contributed by atoms with E-state index in [0.717, 1.165) is 38.2 Å². The van der Waals surface area contributed by atoms with Gasteiger partial charge in [-0.05, 0) is 113 Å². The van der Waals surface area contributed by atoms with Crippen LogP contribution in [0.4, 0.5) is 13.2 Å². The molecule has 0 atom stereocenters. The van der Waals surface area contributed by atoms with Crippen molar-refractivity contribution in [3.8, 4) is 11.1 Å². The highest BCUT2D eigenvalue weighted by Crippen LogP contribution is 2.37. The first kappa shape index (κ1) is 55.9. The second-order valence-electron chi connectivity index (χ2n) is 17.0. The summed E-state index contributed by atoms with van der Waals surface area (Å²) in [5.41, 5.74) is 4.73. The number of nitrogens with one attached hydrogen (secondary N) is 1. The third kappa shape index (κ3) is 15.5. The summed E-state index contributed by atoms with van der Waals surface area (Å²) in [5, 5.41) is 8.88. The Hall–Kier alpha value is -6.05. The lowest BCUT2D eigenvalue weighted by molar-refractivity contribution is 0.00578. The van der Waals surface area contributed by atoms with E-state index in [1.54, 1.807) is 73.1 Å². The highest BCUT2D eigenvalue weighted by Gasteiger charge is 2.53. The van der Waals surface area contributed by atoms with Gasteiger partial charge in [0, 0.05) is 74.3 Å². The van der Waals surface area contributed by atoms with Crippen LogP contribution in [0.15, 0.2) is 156 Å². The van der Waals surface area contributed by atoms with Gasteiger partial charge in [-0.15, -0.1) is 0 Å². The molecule has 0 spiro atoms. The number of halogens is 6. The van der Waals surface area contributed by atoms with Gasteiger partial charge in [0.15, 0.2) is 0 Å². The first-order valence-corrected chi connectivity index (χ1v) is 24.3. The lowest BCUT2D eigenvalue weighted by Crippen LogP contribution is -2.41. The molecule has 372 valence electrons. The van der Waals surface area contributed by atoms with Crippen molar-refractivity contribution in [2.75, 3.05) is 0 Å². The Morgan fingerprint density at radius 1 is 0.634 bits per heavy atom. The molecule has 6 heterocycles. The number of benzene rings is 3. The molecule has 3 aromatic carbocycles. The normalized spacial score (nSPS) is 13.1. The molecule has 0 radical (unpaired) electrons. The molecule has 0 aliphatic carbocycles. The second kappa shape index (κ2) is 25.4. The number of aryl methyl sites for hydroxylation is 4. The Labute approximate surface area is 431 Å². The number of hydrogen-bond acceptors (Lipinski definition) is 9. The fourth-order valence-corrected chi connectivity index (χ4v) is 7.61. The zero-order valence-electron chi connectivity index (χ0n) is 40.2. The van der Waals surface area contributed by atoms with Crippen LogP contribution in [-0.2, 0) is 27.7 Å². The number of aromatic amines is 1. The van der Waals surface area contributed by atoms with Crippen molar-refractivity contribution < 1.29 is 31.5 Å². The highest BCUT2D eigenvalue weighted by atomic mass is 79.9. The topological polar surface area (TPSA) is 147 Å². The molecule has 1 N–H and O–H groups in total. The van der Waals surface area contributed by atoms with Gasteiger partial charge < -0.3 is 32.5 Å². The van der Waals surface area contributed by atoms with Gasteiger partial charge in [0.05, 0.1) is 40.7 Å². The molecular formula is C52H52BBr2ClF3N5O7. The minimum absolute atomic E-state index is 0.0757. The number of H-pyrrole nitrogens is 1. The molecule has 71 heavy (non-hydrogen) atoms. The van der Waals surface area contributed by atoms with Crippen LogP contribution in [0.3, 0.4) is 0 Å². The summed E-state index contributed by atoms with van der Waals surface area (Å²) in [6, 6.07) is 28.7. The predicted octanol–water partition coefficient (Wildman–Crippen LogP) is 11.4. The summed E-state index contributed by atoms with van der Waals surface area (Å²) in [6.07, 6.45) is 4.81. The Morgan fingerprint density at radius 3 is 1.54 bits per heavy atom. The zero-order valence-corrected chi connectivity index (χ0v) is 44.2. The predicted molar refractivity (Wildman–Crippen MR) is 278 cm³/mol. The summed E-state index contributed by atoms with van der Waals surface area (Å²) in [5.74, 6) is 0.658. The van der Waals surface area contributed by atoms with Crippen LogP contribution < -0.4 is 22.1 Å². The average Bonchev–Trinajstić information content (AvgIpc) is 3.93. The van der Waals surface area contributed by atoms with Crippen molar-refractivity contribution in [2.45, 2.75) is 85.0 Å². The molecule has 1 saturated heterocycles. The Balaban J connectivity index is 0.000000173. The molecule has 0 bridgehead atoms. The molecule has 0 unspecified atom stereocenters. The second-order valence-corrected chi connectivity index (χ2v) is 18.9. The van der Waals surface area contributed by atoms with E-state index in [-0.39, 0.29) is 65.5 Å². The molecule has 12 nitrogen and oxygen atoms in total. The Morgan fingerprint density at radius 2 is 1.11 bits per heavy atom. The SMILES string of the molecule is Cc1noc(C)c1-c1ccc(=O)n(Cc2ccccc2F)c1.Cc1noc(C)c1B1OC(C)(C)C(C)(C)O1.Fc1ccccc1CBr.O=c1ccc(Br)c[nH]1.O=c1ccc(Cl)cn1Cc1ccccc1F. The van der Waals surface area contributed by atoms with Crippen molar-refractivity contribution in [2.24, 2.45) is 0 Å². The number of alkyl halides is 1. The standard InChI is InChI=1S/C17H15FN2O2.C12H9ClFNO.C11H18BNO3.C7H6BrF.C5H4BrNO/c1-11-17(12(2)22-19-11)14-7-8-16(21)20(10-14)9-13-5-3-4-6-15(13)18;13-10-5-6-12(16)15(8-10)7-9-3-1-2-4-11(9)14;1-7-9(8(2)14-13-7)12-15-10(3,4)11(5,6)16-12;8-5-6-3-1-2-4-7(6)9;6-4-1-2-5(8)7-3-4/h3-8,10H,9H2,1-2H3;1-6,8H,7H2;1-6H3;1-4H,5H2;1-3H,(H,7,8). The van der Waals surface area contributed by atoms with Gasteiger partial charge in [-0.1, -0.05) is 92.4 Å². The van der Waals surface area contributed by atoms with Gasteiger partial charge in [0.25, 0.3) is 11.1 Å². The maximum atomic E-state index is 13.8. The van der Waals surface area contributed by atoms with Crippen LogP contribution >= 0.6 is 43.5 Å². The fourth-order valence-electron chi connectivity index (χ4n) is 6.73. The highest BCUT2D eigenvalue weighted by molar-refractivity contribution is 9.10. The van der Waals surface area contributed by atoms with Crippen LogP contribution in [0.5, 0.6) is 0 Å². The van der Waals surface area contributed by atoms with Crippen molar-refractivity contribution in [1.29, 1.82) is 0 Å². The number of aromatic nitrogens is 5. The van der Waals surface area contributed by atoms with E-state index in [9.17, 15) is 27.6 Å². The summed E-state index contributed by atoms with van der Waals surface area (Å²) in [4.78, 5) is 36.3. The summed E-state index contributed by atoms with van der Waals surface area (Å²) < 4.78 is 65.6. The van der Waals surface area contributed by atoms with Gasteiger partial charge >= 0.3 is 7.12 Å². The monoisotopic (exact) mass is 1120 g/mol. The minimum Gasteiger partial charge on any atom is -0.399 e. The van der Waals surface area contributed by atoms with Crippen LogP contribution in [0.25, 0.3) is 11.1 Å². The molecule has 19 heteroatoms. The van der Waals surface area contributed by atoms with E-state index in [2.05, 4.69) is 47.2 Å². The van der Waals surface area contributed by atoms with Gasteiger partial charge in [-0.3, -0.25) is 14.4 Å². The number of hydrogen-bond donors (Lipinski definition) is 1. The van der Waals surface area contributed by atoms with E-state index >= 15 is 0 Å². The number of pyridine rings is 3. The summed E-state index contributed by atoms with van der Waals surface area (Å²) in [6.45, 7) is 15.9. The van der Waals surface area contributed by atoms with Gasteiger partial charge in [-0.25, -0.2) is 13.2 Å². The third-order valence-corrected chi connectivity index (χ3v) is 12.6. The van der Waals surface area contributed by atoms with E-state index in [0.29, 0.717) is 32.8 Å². The summed E-state index contributed by atoms with van der Waals surface area (Å²) in [7, 11) is -0.378. The van der Waals surface area contributed by atoms with Crippen LogP contribution in [0.1, 0.15) is 67.3 Å². The van der Waals surface area contributed by atoms with Crippen molar-refractivity contribution in [3.05, 3.63) is 225 Å². The molecule has 0 amide bonds. The molecule has 0 saturated carbocycles. The van der Waals surface area contributed by atoms with Crippen molar-refractivity contribution >= 4 is 56.0 Å². The van der Waals surface area contributed by atoms with E-state index in [1.807, 2.05) is 61.5 Å². The lowest BCUT2D eigenvalue weighted by atomic mass is 9.77. The number of nitrogens with zero attached hydrogens (tertiary/aromatic N) is 4. The molecule has 1 aliphatic heterocycles. The van der Waals surface area contributed by atoms with E-state index < -0.39 is 0 Å². The van der Waals surface area contributed by atoms with Gasteiger partial charge in [-0.2, -0.15) is 0 Å². The lowest BCUT2D eigenvalue weighted by Gasteiger charge is -2.32. The van der Waals surface area contributed by atoms with E-state index in [1.165, 1.54) is 57.8 Å². The Kier molecular flexibility index (Phi) is 20.0. The maximum Gasteiger partial charge on any atom is 0.500 e. The molecule has 5 aromatic heterocycles. The first-order chi connectivity index (χ1) is 33.6. The maximum absolute atomic E-state index is 13.8. The van der Waals surface area contributed by atoms with E-state index in [4.69, 9.17) is 30.0 Å². The zero-order chi connectivity index (χ0) is 52.0. The molecule has 8 aromatic rings. The third-order valence-electron chi connectivity index (χ3n) is 11.3. The Bertz CT molecular complexity index is 3150. The molecule has 1 aliphatic rings. The molecule has 1 fully saturated rings. The number of rotatable bonds is 7. The van der Waals surface area contributed by atoms with Gasteiger partial charge in [0.2, 0.25) is 5.56 Å². The van der Waals surface area contributed by atoms with Crippen LogP contribution in [0, 0.1) is 45.1 Å². The first-order valence-electron chi connectivity index (χ1n) is 22.0. The quantitative estimate of drug-likeness (QED) is 0.122. The van der Waals surface area contributed by atoms with Gasteiger partial charge in [0.1, 0.15) is 29.0 Å². The smallest absolute Gasteiger partial charge is 0.399 e. The average molecular weight is 1120 g/mol. The van der Waals surface area contributed by atoms with Crippen molar-refractivity contribution in [1.82, 2.24) is 24.4 Å². The minimum atomic E-state index is -0.378. The summed E-state index contributed by atoms with van der Waals surface area (Å²) >= 11 is 12.1. The van der Waals surface area contributed by atoms with Crippen molar-refractivity contribution in [3.63, 3.8) is 0 Å². The van der Waals surface area contributed by atoms with Crippen LogP contribution in [0.2, 0.25) is 5.02 Å². The molecule has 9 rings (SSSR count). The molecular weight excluding hydrogens is 1070 g/mol. The largest absolute Gasteiger partial charge is 0.500 e. The fraction of sp³-hybridized carbons (Fsp3) is 0.250.